The first-order chi connectivity index (χ1) is 15.2. The zero-order valence-electron chi connectivity index (χ0n) is 17.5. The van der Waals surface area contributed by atoms with Crippen molar-refractivity contribution < 1.29 is 9.21 Å². The predicted octanol–water partition coefficient (Wildman–Crippen LogP) is 4.54. The highest BCUT2D eigenvalue weighted by Gasteiger charge is 2.28. The maximum atomic E-state index is 12.7. The van der Waals surface area contributed by atoms with Crippen LogP contribution >= 0.6 is 0 Å². The number of carbonyl (C=O) groups is 1. The van der Waals surface area contributed by atoms with E-state index in [4.69, 9.17) is 4.42 Å². The number of aryl methyl sites for hydroxylation is 1. The van der Waals surface area contributed by atoms with E-state index in [0.29, 0.717) is 37.0 Å². The number of aromatic nitrogens is 3. The minimum Gasteiger partial charge on any atom is -0.419 e. The molecular formula is C25H24N4O2. The molecule has 3 heterocycles. The molecule has 1 aliphatic rings. The highest BCUT2D eigenvalue weighted by molar-refractivity contribution is 5.92. The van der Waals surface area contributed by atoms with Gasteiger partial charge < -0.3 is 9.32 Å². The van der Waals surface area contributed by atoms with Crippen LogP contribution in [-0.4, -0.2) is 39.1 Å². The number of pyridine rings is 1. The van der Waals surface area contributed by atoms with Crippen LogP contribution in [-0.2, 0) is 11.2 Å². The summed E-state index contributed by atoms with van der Waals surface area (Å²) < 4.78 is 6.03. The lowest BCUT2D eigenvalue weighted by atomic mass is 9.96. The van der Waals surface area contributed by atoms with Gasteiger partial charge in [-0.1, -0.05) is 54.1 Å². The van der Waals surface area contributed by atoms with E-state index < -0.39 is 0 Å². The molecule has 0 radical (unpaired) electrons. The summed E-state index contributed by atoms with van der Waals surface area (Å²) in [5, 5.41) is 10.7. The molecule has 2 aromatic heterocycles. The number of carbonyl (C=O) groups excluding carboxylic acids is 1. The monoisotopic (exact) mass is 412 g/mol. The second-order valence-electron chi connectivity index (χ2n) is 8.14. The number of rotatable bonds is 4. The third-order valence-electron chi connectivity index (χ3n) is 5.99. The molecule has 156 valence electrons. The summed E-state index contributed by atoms with van der Waals surface area (Å²) in [5.41, 5.74) is 2.97. The Morgan fingerprint density at radius 3 is 2.61 bits per heavy atom. The van der Waals surface area contributed by atoms with Gasteiger partial charge in [-0.05, 0) is 36.8 Å². The minimum absolute atomic E-state index is 0.166. The first-order valence-electron chi connectivity index (χ1n) is 10.7. The summed E-state index contributed by atoms with van der Waals surface area (Å²) in [6.07, 6.45) is 3.86. The standard InChI is InChI=1S/C25H24N4O2/c1-17-6-8-18(9-7-17)16-22(30)29-14-11-20(12-15-29)24-27-28-25(31-24)23-21-5-3-2-4-19(21)10-13-26-23/h2-10,13,20H,11-12,14-16H2,1H3. The molecule has 1 amide bonds. The van der Waals surface area contributed by atoms with E-state index in [1.165, 1.54) is 5.56 Å². The molecular weight excluding hydrogens is 388 g/mol. The number of nitrogens with zero attached hydrogens (tertiary/aromatic N) is 4. The maximum Gasteiger partial charge on any atom is 0.266 e. The van der Waals surface area contributed by atoms with E-state index in [-0.39, 0.29) is 11.8 Å². The molecule has 2 aromatic carbocycles. The molecule has 0 N–H and O–H groups in total. The zero-order chi connectivity index (χ0) is 21.2. The molecule has 4 aromatic rings. The van der Waals surface area contributed by atoms with Gasteiger partial charge in [0.25, 0.3) is 5.89 Å². The molecule has 6 nitrogen and oxygen atoms in total. The predicted molar refractivity (Wildman–Crippen MR) is 118 cm³/mol. The smallest absolute Gasteiger partial charge is 0.266 e. The molecule has 6 heteroatoms. The van der Waals surface area contributed by atoms with Gasteiger partial charge in [0.15, 0.2) is 0 Å². The quantitative estimate of drug-likeness (QED) is 0.492. The van der Waals surface area contributed by atoms with E-state index in [2.05, 4.69) is 22.1 Å². The van der Waals surface area contributed by atoms with E-state index in [9.17, 15) is 4.79 Å². The van der Waals surface area contributed by atoms with Gasteiger partial charge in [-0.15, -0.1) is 10.2 Å². The van der Waals surface area contributed by atoms with Crippen molar-refractivity contribution in [3.8, 4) is 11.6 Å². The van der Waals surface area contributed by atoms with Gasteiger partial charge in [0.2, 0.25) is 11.8 Å². The largest absolute Gasteiger partial charge is 0.419 e. The molecule has 1 saturated heterocycles. The van der Waals surface area contributed by atoms with Crippen molar-refractivity contribution in [3.05, 3.63) is 77.8 Å². The van der Waals surface area contributed by atoms with Gasteiger partial charge in [0, 0.05) is 30.6 Å². The van der Waals surface area contributed by atoms with Crippen LogP contribution in [0, 0.1) is 6.92 Å². The van der Waals surface area contributed by atoms with Crippen LogP contribution < -0.4 is 0 Å². The lowest BCUT2D eigenvalue weighted by Crippen LogP contribution is -2.38. The number of hydrogen-bond acceptors (Lipinski definition) is 5. The summed E-state index contributed by atoms with van der Waals surface area (Å²) in [5.74, 6) is 1.42. The number of benzene rings is 2. The molecule has 1 fully saturated rings. The topological polar surface area (TPSA) is 72.1 Å². The fourth-order valence-corrected chi connectivity index (χ4v) is 4.15. The number of hydrogen-bond donors (Lipinski definition) is 0. The van der Waals surface area contributed by atoms with Crippen LogP contribution in [0.3, 0.4) is 0 Å². The van der Waals surface area contributed by atoms with E-state index in [0.717, 1.165) is 29.2 Å². The Kier molecular flexibility index (Phi) is 5.20. The lowest BCUT2D eigenvalue weighted by Gasteiger charge is -2.30. The van der Waals surface area contributed by atoms with E-state index >= 15 is 0 Å². The molecule has 0 bridgehead atoms. The molecule has 31 heavy (non-hydrogen) atoms. The molecule has 0 spiro atoms. The normalized spacial score (nSPS) is 14.8. The molecule has 0 atom stereocenters. The van der Waals surface area contributed by atoms with Crippen molar-refractivity contribution >= 4 is 16.7 Å². The third kappa shape index (κ3) is 4.06. The Morgan fingerprint density at radius 2 is 1.81 bits per heavy atom. The SMILES string of the molecule is Cc1ccc(CC(=O)N2CCC(c3nnc(-c4nccc5ccccc45)o3)CC2)cc1. The van der Waals surface area contributed by atoms with Crippen LogP contribution in [0.4, 0.5) is 0 Å². The van der Waals surface area contributed by atoms with Crippen LogP contribution in [0.25, 0.3) is 22.4 Å². The van der Waals surface area contributed by atoms with Crippen molar-refractivity contribution in [2.75, 3.05) is 13.1 Å². The number of likely N-dealkylation sites (tertiary alicyclic amines) is 1. The Labute approximate surface area is 180 Å². The van der Waals surface area contributed by atoms with Crippen molar-refractivity contribution in [2.24, 2.45) is 0 Å². The van der Waals surface area contributed by atoms with Crippen LogP contribution in [0.15, 0.2) is 65.2 Å². The van der Waals surface area contributed by atoms with Gasteiger partial charge in [0.1, 0.15) is 5.69 Å². The van der Waals surface area contributed by atoms with Crippen LogP contribution in [0.1, 0.15) is 35.8 Å². The van der Waals surface area contributed by atoms with Crippen molar-refractivity contribution in [3.63, 3.8) is 0 Å². The molecule has 5 rings (SSSR count). The molecule has 0 unspecified atom stereocenters. The molecule has 1 aliphatic heterocycles. The van der Waals surface area contributed by atoms with Gasteiger partial charge >= 0.3 is 0 Å². The van der Waals surface area contributed by atoms with Crippen molar-refractivity contribution in [2.45, 2.75) is 32.1 Å². The van der Waals surface area contributed by atoms with Crippen molar-refractivity contribution in [1.29, 1.82) is 0 Å². The van der Waals surface area contributed by atoms with E-state index in [1.54, 1.807) is 6.20 Å². The van der Waals surface area contributed by atoms with Crippen molar-refractivity contribution in [1.82, 2.24) is 20.1 Å². The lowest BCUT2D eigenvalue weighted by molar-refractivity contribution is -0.131. The zero-order valence-corrected chi connectivity index (χ0v) is 17.5. The Hall–Kier alpha value is -3.54. The Morgan fingerprint density at radius 1 is 1.03 bits per heavy atom. The number of piperidine rings is 1. The fourth-order valence-electron chi connectivity index (χ4n) is 4.15. The van der Waals surface area contributed by atoms with Gasteiger partial charge in [0.05, 0.1) is 6.42 Å². The van der Waals surface area contributed by atoms with Crippen LogP contribution in [0.5, 0.6) is 0 Å². The first-order valence-corrected chi connectivity index (χ1v) is 10.7. The average molecular weight is 412 g/mol. The Bertz CT molecular complexity index is 1200. The summed E-state index contributed by atoms with van der Waals surface area (Å²) in [6, 6.07) is 18.2. The molecule has 0 aliphatic carbocycles. The average Bonchev–Trinajstić information content (AvgIpc) is 3.30. The highest BCUT2D eigenvalue weighted by atomic mass is 16.4. The second kappa shape index (κ2) is 8.30. The minimum atomic E-state index is 0.166. The highest BCUT2D eigenvalue weighted by Crippen LogP contribution is 2.31. The second-order valence-corrected chi connectivity index (χ2v) is 8.14. The van der Waals surface area contributed by atoms with Gasteiger partial charge in [-0.3, -0.25) is 9.78 Å². The number of fused-ring (bicyclic) bond motifs is 1. The van der Waals surface area contributed by atoms with Gasteiger partial charge in [-0.25, -0.2) is 0 Å². The third-order valence-corrected chi connectivity index (χ3v) is 5.99. The van der Waals surface area contributed by atoms with Gasteiger partial charge in [-0.2, -0.15) is 0 Å². The maximum absolute atomic E-state index is 12.7. The molecule has 0 saturated carbocycles. The first kappa shape index (κ1) is 19.4. The summed E-state index contributed by atoms with van der Waals surface area (Å²) in [4.78, 5) is 19.1. The fraction of sp³-hybridized carbons (Fsp3) is 0.280. The van der Waals surface area contributed by atoms with E-state index in [1.807, 2.05) is 59.5 Å². The number of amides is 1. The van der Waals surface area contributed by atoms with Crippen LogP contribution in [0.2, 0.25) is 0 Å². The summed E-state index contributed by atoms with van der Waals surface area (Å²) in [6.45, 7) is 3.47. The Balaban J connectivity index is 1.25. The summed E-state index contributed by atoms with van der Waals surface area (Å²) in [7, 11) is 0. The summed E-state index contributed by atoms with van der Waals surface area (Å²) >= 11 is 0.